The fourth-order valence-corrected chi connectivity index (χ4v) is 1.90. The van der Waals surface area contributed by atoms with Crippen LogP contribution in [0.25, 0.3) is 0 Å². The standard InChI is InChI=1S/C14H18O/c1-9(2)6-13(15)14-11(4)7-10(3)8-12(14)5/h6-8H,1-5H3. The van der Waals surface area contributed by atoms with E-state index in [0.717, 1.165) is 22.3 Å². The van der Waals surface area contributed by atoms with Crippen molar-refractivity contribution in [2.24, 2.45) is 0 Å². The highest BCUT2D eigenvalue weighted by molar-refractivity contribution is 6.07. The number of benzene rings is 1. The van der Waals surface area contributed by atoms with E-state index in [2.05, 4.69) is 19.1 Å². The lowest BCUT2D eigenvalue weighted by molar-refractivity contribution is 0.104. The maximum absolute atomic E-state index is 11.9. The Bertz CT molecular complexity index is 398. The van der Waals surface area contributed by atoms with Crippen LogP contribution in [-0.2, 0) is 0 Å². The molecule has 0 N–H and O–H groups in total. The molecule has 0 aromatic heterocycles. The minimum atomic E-state index is 0.116. The van der Waals surface area contributed by atoms with Crippen molar-refractivity contribution in [2.45, 2.75) is 34.6 Å². The molecule has 0 aliphatic heterocycles. The fourth-order valence-electron chi connectivity index (χ4n) is 1.90. The summed E-state index contributed by atoms with van der Waals surface area (Å²) in [6.07, 6.45) is 1.70. The smallest absolute Gasteiger partial charge is 0.186 e. The van der Waals surface area contributed by atoms with Gasteiger partial charge in [-0.3, -0.25) is 4.79 Å². The van der Waals surface area contributed by atoms with Crippen molar-refractivity contribution < 1.29 is 4.79 Å². The van der Waals surface area contributed by atoms with Crippen LogP contribution < -0.4 is 0 Å². The summed E-state index contributed by atoms with van der Waals surface area (Å²) in [5.41, 5.74) is 5.23. The van der Waals surface area contributed by atoms with Gasteiger partial charge in [0.1, 0.15) is 0 Å². The van der Waals surface area contributed by atoms with Crippen LogP contribution in [-0.4, -0.2) is 5.78 Å². The minimum Gasteiger partial charge on any atom is -0.289 e. The zero-order valence-electron chi connectivity index (χ0n) is 10.1. The largest absolute Gasteiger partial charge is 0.289 e. The highest BCUT2D eigenvalue weighted by atomic mass is 16.1. The third-order valence-electron chi connectivity index (χ3n) is 2.34. The number of aryl methyl sites for hydroxylation is 3. The van der Waals surface area contributed by atoms with Gasteiger partial charge in [-0.2, -0.15) is 0 Å². The Balaban J connectivity index is 3.26. The molecule has 0 aliphatic carbocycles. The number of carbonyl (C=O) groups excluding carboxylic acids is 1. The summed E-state index contributed by atoms with van der Waals surface area (Å²) < 4.78 is 0. The summed E-state index contributed by atoms with van der Waals surface area (Å²) in [4.78, 5) is 11.9. The van der Waals surface area contributed by atoms with E-state index in [4.69, 9.17) is 0 Å². The van der Waals surface area contributed by atoms with Crippen LogP contribution in [0.4, 0.5) is 0 Å². The molecule has 1 nitrogen and oxygen atoms in total. The number of rotatable bonds is 2. The zero-order chi connectivity index (χ0) is 11.6. The Morgan fingerprint density at radius 3 is 1.93 bits per heavy atom. The Kier molecular flexibility index (Phi) is 3.46. The first-order valence-corrected chi connectivity index (χ1v) is 5.19. The topological polar surface area (TPSA) is 17.1 Å². The van der Waals surface area contributed by atoms with Crippen molar-refractivity contribution in [1.82, 2.24) is 0 Å². The monoisotopic (exact) mass is 202 g/mol. The van der Waals surface area contributed by atoms with Crippen LogP contribution in [0.2, 0.25) is 0 Å². The first-order chi connectivity index (χ1) is 6.91. The van der Waals surface area contributed by atoms with Gasteiger partial charge in [-0.25, -0.2) is 0 Å². The molecule has 0 unspecified atom stereocenters. The molecule has 0 radical (unpaired) electrons. The van der Waals surface area contributed by atoms with E-state index in [0.29, 0.717) is 0 Å². The maximum atomic E-state index is 11.9. The van der Waals surface area contributed by atoms with Crippen molar-refractivity contribution >= 4 is 5.78 Å². The molecule has 1 rings (SSSR count). The lowest BCUT2D eigenvalue weighted by Crippen LogP contribution is -2.02. The molecular weight excluding hydrogens is 184 g/mol. The summed E-state index contributed by atoms with van der Waals surface area (Å²) in [7, 11) is 0. The second-order valence-corrected chi connectivity index (χ2v) is 4.36. The van der Waals surface area contributed by atoms with Gasteiger partial charge in [0.25, 0.3) is 0 Å². The quantitative estimate of drug-likeness (QED) is 0.527. The second kappa shape index (κ2) is 4.43. The number of hydrogen-bond donors (Lipinski definition) is 0. The van der Waals surface area contributed by atoms with Gasteiger partial charge in [-0.1, -0.05) is 23.3 Å². The van der Waals surface area contributed by atoms with E-state index in [1.807, 2.05) is 27.7 Å². The molecule has 1 aromatic carbocycles. The summed E-state index contributed by atoms with van der Waals surface area (Å²) in [6, 6.07) is 4.11. The van der Waals surface area contributed by atoms with E-state index in [1.54, 1.807) is 6.08 Å². The molecule has 0 saturated carbocycles. The number of hydrogen-bond acceptors (Lipinski definition) is 1. The molecule has 0 spiro atoms. The molecule has 15 heavy (non-hydrogen) atoms. The van der Waals surface area contributed by atoms with E-state index in [9.17, 15) is 4.79 Å². The van der Waals surface area contributed by atoms with E-state index < -0.39 is 0 Å². The van der Waals surface area contributed by atoms with Crippen molar-refractivity contribution in [3.63, 3.8) is 0 Å². The lowest BCUT2D eigenvalue weighted by Gasteiger charge is -2.08. The molecule has 0 fully saturated rings. The molecule has 0 aliphatic rings. The van der Waals surface area contributed by atoms with Gasteiger partial charge in [-0.05, 0) is 51.8 Å². The van der Waals surface area contributed by atoms with Crippen LogP contribution in [0.5, 0.6) is 0 Å². The zero-order valence-corrected chi connectivity index (χ0v) is 10.1. The molecule has 1 heteroatoms. The van der Waals surface area contributed by atoms with Crippen molar-refractivity contribution in [3.8, 4) is 0 Å². The molecule has 0 bridgehead atoms. The van der Waals surface area contributed by atoms with Gasteiger partial charge < -0.3 is 0 Å². The van der Waals surface area contributed by atoms with Gasteiger partial charge in [0, 0.05) is 5.56 Å². The first-order valence-electron chi connectivity index (χ1n) is 5.19. The second-order valence-electron chi connectivity index (χ2n) is 4.36. The van der Waals surface area contributed by atoms with Crippen LogP contribution in [0, 0.1) is 20.8 Å². The van der Waals surface area contributed by atoms with Crippen molar-refractivity contribution in [2.75, 3.05) is 0 Å². The molecule has 0 amide bonds. The average Bonchev–Trinajstić information content (AvgIpc) is 1.99. The van der Waals surface area contributed by atoms with Gasteiger partial charge in [-0.15, -0.1) is 0 Å². The van der Waals surface area contributed by atoms with Crippen molar-refractivity contribution in [3.05, 3.63) is 46.0 Å². The lowest BCUT2D eigenvalue weighted by atomic mass is 9.96. The fraction of sp³-hybridized carbons (Fsp3) is 0.357. The minimum absolute atomic E-state index is 0.116. The van der Waals surface area contributed by atoms with Crippen LogP contribution in [0.15, 0.2) is 23.8 Å². The van der Waals surface area contributed by atoms with Gasteiger partial charge in [0.05, 0.1) is 0 Å². The summed E-state index contributed by atoms with van der Waals surface area (Å²) in [6.45, 7) is 9.92. The number of ketones is 1. The van der Waals surface area contributed by atoms with E-state index in [1.165, 1.54) is 5.56 Å². The highest BCUT2D eigenvalue weighted by Crippen LogP contribution is 2.17. The SMILES string of the molecule is CC(C)=CC(=O)c1c(C)cc(C)cc1C. The Labute approximate surface area is 91.8 Å². The summed E-state index contributed by atoms with van der Waals surface area (Å²) >= 11 is 0. The number of allylic oxidation sites excluding steroid dienone is 2. The van der Waals surface area contributed by atoms with E-state index >= 15 is 0 Å². The highest BCUT2D eigenvalue weighted by Gasteiger charge is 2.10. The normalized spacial score (nSPS) is 9.93. The molecule has 0 atom stereocenters. The molecule has 80 valence electrons. The van der Waals surface area contributed by atoms with Crippen LogP contribution >= 0.6 is 0 Å². The average molecular weight is 202 g/mol. The van der Waals surface area contributed by atoms with E-state index in [-0.39, 0.29) is 5.78 Å². The van der Waals surface area contributed by atoms with Gasteiger partial charge in [0.2, 0.25) is 0 Å². The third kappa shape index (κ3) is 2.79. The van der Waals surface area contributed by atoms with Gasteiger partial charge >= 0.3 is 0 Å². The predicted molar refractivity (Wildman–Crippen MR) is 64.4 cm³/mol. The molecular formula is C14H18O. The summed E-state index contributed by atoms with van der Waals surface area (Å²) in [5.74, 6) is 0.116. The first kappa shape index (κ1) is 11.7. The molecule has 0 heterocycles. The summed E-state index contributed by atoms with van der Waals surface area (Å²) in [5, 5.41) is 0. The third-order valence-corrected chi connectivity index (χ3v) is 2.34. The predicted octanol–water partition coefficient (Wildman–Crippen LogP) is 3.76. The Morgan fingerprint density at radius 2 is 1.53 bits per heavy atom. The number of carbonyl (C=O) groups is 1. The van der Waals surface area contributed by atoms with Crippen molar-refractivity contribution in [1.29, 1.82) is 0 Å². The molecule has 1 aromatic rings. The maximum Gasteiger partial charge on any atom is 0.186 e. The van der Waals surface area contributed by atoms with Crippen LogP contribution in [0.3, 0.4) is 0 Å². The molecule has 0 saturated heterocycles. The van der Waals surface area contributed by atoms with Crippen LogP contribution in [0.1, 0.15) is 40.9 Å². The Morgan fingerprint density at radius 1 is 1.07 bits per heavy atom. The Hall–Kier alpha value is -1.37. The van der Waals surface area contributed by atoms with Gasteiger partial charge in [0.15, 0.2) is 5.78 Å².